The van der Waals surface area contributed by atoms with Crippen LogP contribution in [0.5, 0.6) is 0 Å². The first-order chi connectivity index (χ1) is 35.2. The number of hydrogen-bond acceptors (Lipinski definition) is 2. The normalized spacial score (nSPS) is 14.9. The van der Waals surface area contributed by atoms with Crippen LogP contribution in [-0.2, 0) is 0 Å². The summed E-state index contributed by atoms with van der Waals surface area (Å²) in [6, 6.07) is 82.3. The van der Waals surface area contributed by atoms with Gasteiger partial charge >= 0.3 is 0 Å². The molecule has 2 bridgehead atoms. The largest absolute Gasteiger partial charge is 0.357 e. The first-order valence-corrected chi connectivity index (χ1v) is 24.4. The van der Waals surface area contributed by atoms with Gasteiger partial charge < -0.3 is 14.0 Å². The zero-order valence-electron chi connectivity index (χ0n) is 38.7. The highest BCUT2D eigenvalue weighted by Crippen LogP contribution is 2.62. The number of para-hydroxylation sites is 3. The van der Waals surface area contributed by atoms with E-state index < -0.39 is 0 Å². The van der Waals surface area contributed by atoms with Crippen molar-refractivity contribution in [1.29, 1.82) is 5.26 Å². The van der Waals surface area contributed by atoms with E-state index in [-0.39, 0.29) is 12.1 Å². The number of nitrogens with zero attached hydrogens (tertiary/aromatic N) is 5. The number of benzene rings is 10. The van der Waals surface area contributed by atoms with Crippen LogP contribution in [0.2, 0.25) is 0 Å². The Labute approximate surface area is 411 Å². The molecule has 2 unspecified atom stereocenters. The fraction of sp³-hybridized carbons (Fsp3) is 0.0606. The molecule has 12 aromatic rings. The summed E-state index contributed by atoms with van der Waals surface area (Å²) >= 11 is 0. The molecule has 71 heavy (non-hydrogen) atoms. The van der Waals surface area contributed by atoms with Crippen LogP contribution in [0.1, 0.15) is 41.6 Å². The predicted molar refractivity (Wildman–Crippen MR) is 291 cm³/mol. The number of anilines is 1. The maximum Gasteiger partial charge on any atom is 0.230 e. The van der Waals surface area contributed by atoms with Crippen LogP contribution in [0, 0.1) is 17.9 Å². The summed E-state index contributed by atoms with van der Waals surface area (Å²) in [5.74, 6) is 0. The SMILES string of the molecule is [C-]#[N+]c1c(C#N)c(-n2c3cc(-c4ccccc4)ccc3c3cccc(-c4ccccc4)c32)c2c(c1-n1c3cc(-c4ccccc4)ccc3c3cccc(-c4ccccc4)c31)C1CCC2N1c1ccccc1. The Morgan fingerprint density at radius 3 is 1.30 bits per heavy atom. The van der Waals surface area contributed by atoms with Crippen LogP contribution in [-0.4, -0.2) is 9.13 Å². The van der Waals surface area contributed by atoms with Crippen molar-refractivity contribution in [3.63, 3.8) is 0 Å². The van der Waals surface area contributed by atoms with Crippen molar-refractivity contribution in [1.82, 2.24) is 9.13 Å². The van der Waals surface area contributed by atoms with Gasteiger partial charge in [-0.15, -0.1) is 0 Å². The van der Waals surface area contributed by atoms with E-state index in [2.05, 4.69) is 249 Å². The standard InChI is InChI=1S/C66H43N5/c1-68-62-55(41-67)65(70-58-39-46(42-19-7-2-8-20-42)33-35-51(58)53-31-17-29-49(63(53)70)44-23-11-4-12-24-44)60-56-37-38-57(69(56)48-27-15-6-16-28-48)61(60)66(62)71-59-40-47(43-21-9-3-10-22-43)34-36-52(59)54-32-18-30-50(64(54)71)45-25-13-5-14-26-45/h2-36,39-40,56-57H,37-38H2. The molecule has 14 rings (SSSR count). The van der Waals surface area contributed by atoms with E-state index in [4.69, 9.17) is 0 Å². The Hall–Kier alpha value is -9.42. The second-order valence-corrected chi connectivity index (χ2v) is 18.8. The molecule has 0 aliphatic carbocycles. The fourth-order valence-corrected chi connectivity index (χ4v) is 12.4. The maximum absolute atomic E-state index is 12.1. The predicted octanol–water partition coefficient (Wildman–Crippen LogP) is 17.4. The van der Waals surface area contributed by atoms with Gasteiger partial charge in [-0.25, -0.2) is 4.85 Å². The summed E-state index contributed by atoms with van der Waals surface area (Å²) < 4.78 is 4.77. The third-order valence-corrected chi connectivity index (χ3v) is 15.2. The van der Waals surface area contributed by atoms with Crippen molar-refractivity contribution in [2.24, 2.45) is 0 Å². The molecular formula is C66H43N5. The molecule has 0 radical (unpaired) electrons. The number of fused-ring (bicyclic) bond motifs is 11. The third kappa shape index (κ3) is 6.04. The van der Waals surface area contributed by atoms with Gasteiger partial charge in [0, 0.05) is 43.9 Å². The van der Waals surface area contributed by atoms with Crippen molar-refractivity contribution in [2.75, 3.05) is 4.90 Å². The second kappa shape index (κ2) is 16.1. The van der Waals surface area contributed by atoms with Crippen molar-refractivity contribution in [3.05, 3.63) is 253 Å². The Kier molecular flexibility index (Phi) is 9.21. The van der Waals surface area contributed by atoms with E-state index in [1.54, 1.807) is 0 Å². The highest BCUT2D eigenvalue weighted by molar-refractivity contribution is 6.17. The zero-order valence-corrected chi connectivity index (χ0v) is 38.7. The summed E-state index contributed by atoms with van der Waals surface area (Å²) in [5.41, 5.74) is 18.4. The van der Waals surface area contributed by atoms with Gasteiger partial charge in [0.25, 0.3) is 0 Å². The van der Waals surface area contributed by atoms with Crippen molar-refractivity contribution < 1.29 is 0 Å². The smallest absolute Gasteiger partial charge is 0.230 e. The van der Waals surface area contributed by atoms with Crippen LogP contribution in [0.15, 0.2) is 224 Å². The molecule has 0 spiro atoms. The number of aromatic nitrogens is 2. The van der Waals surface area contributed by atoms with Gasteiger partial charge in [-0.3, -0.25) is 0 Å². The van der Waals surface area contributed by atoms with Crippen molar-refractivity contribution in [2.45, 2.75) is 24.9 Å². The Morgan fingerprint density at radius 1 is 0.423 bits per heavy atom. The molecule has 10 aromatic carbocycles. The molecular weight excluding hydrogens is 863 g/mol. The van der Waals surface area contributed by atoms with Crippen molar-refractivity contribution in [3.8, 4) is 62.0 Å². The molecule has 0 N–H and O–H groups in total. The minimum atomic E-state index is -0.0757. The monoisotopic (exact) mass is 905 g/mol. The van der Waals surface area contributed by atoms with Gasteiger partial charge in [-0.2, -0.15) is 5.26 Å². The lowest BCUT2D eigenvalue weighted by Gasteiger charge is -2.27. The lowest BCUT2D eigenvalue weighted by Crippen LogP contribution is -2.18. The van der Waals surface area contributed by atoms with E-state index in [1.807, 2.05) is 0 Å². The molecule has 332 valence electrons. The number of nitriles is 1. The Bertz CT molecular complexity index is 3920. The van der Waals surface area contributed by atoms with Crippen molar-refractivity contribution >= 4 is 55.0 Å². The average molecular weight is 906 g/mol. The molecule has 2 atom stereocenters. The van der Waals surface area contributed by atoms with Crippen LogP contribution >= 0.6 is 0 Å². The third-order valence-electron chi connectivity index (χ3n) is 15.2. The van der Waals surface area contributed by atoms with E-state index in [0.29, 0.717) is 11.3 Å². The summed E-state index contributed by atoms with van der Waals surface area (Å²) in [4.78, 5) is 7.20. The molecule has 0 amide bonds. The summed E-state index contributed by atoms with van der Waals surface area (Å²) in [6.07, 6.45) is 1.81. The van der Waals surface area contributed by atoms with Gasteiger partial charge in [-0.1, -0.05) is 200 Å². The number of hydrogen-bond donors (Lipinski definition) is 0. The van der Waals surface area contributed by atoms with E-state index in [9.17, 15) is 11.8 Å². The van der Waals surface area contributed by atoms with Gasteiger partial charge in [0.15, 0.2) is 0 Å². The first-order valence-electron chi connectivity index (χ1n) is 24.4. The molecule has 0 saturated carbocycles. The minimum Gasteiger partial charge on any atom is -0.357 e. The molecule has 2 aliphatic rings. The molecule has 4 heterocycles. The first kappa shape index (κ1) is 40.6. The lowest BCUT2D eigenvalue weighted by molar-refractivity contribution is 0.711. The zero-order chi connectivity index (χ0) is 47.2. The Balaban J connectivity index is 1.19. The Morgan fingerprint density at radius 2 is 0.845 bits per heavy atom. The molecule has 1 fully saturated rings. The second-order valence-electron chi connectivity index (χ2n) is 18.8. The van der Waals surface area contributed by atoms with Gasteiger partial charge in [-0.05, 0) is 76.1 Å². The molecule has 2 aromatic heterocycles. The van der Waals surface area contributed by atoms with Crippen LogP contribution in [0.25, 0.3) is 104 Å². The van der Waals surface area contributed by atoms with E-state index >= 15 is 0 Å². The molecule has 1 saturated heterocycles. The quantitative estimate of drug-likeness (QED) is 0.150. The van der Waals surface area contributed by atoms with Crippen LogP contribution < -0.4 is 4.90 Å². The van der Waals surface area contributed by atoms with Crippen LogP contribution in [0.4, 0.5) is 11.4 Å². The topological polar surface area (TPSA) is 41.2 Å². The fourth-order valence-electron chi connectivity index (χ4n) is 12.4. The maximum atomic E-state index is 12.1. The average Bonchev–Trinajstić information content (AvgIpc) is 4.21. The summed E-state index contributed by atoms with van der Waals surface area (Å²) in [6.45, 7) is 9.46. The summed E-state index contributed by atoms with van der Waals surface area (Å²) in [5, 5.41) is 16.5. The molecule has 2 aliphatic heterocycles. The summed E-state index contributed by atoms with van der Waals surface area (Å²) in [7, 11) is 0. The van der Waals surface area contributed by atoms with Crippen LogP contribution in [0.3, 0.4) is 0 Å². The minimum absolute atomic E-state index is 0.0744. The molecule has 5 heteroatoms. The van der Waals surface area contributed by atoms with Gasteiger partial charge in [0.1, 0.15) is 0 Å². The lowest BCUT2D eigenvalue weighted by atomic mass is 9.85. The number of rotatable bonds is 7. The highest BCUT2D eigenvalue weighted by atomic mass is 15.3. The van der Waals surface area contributed by atoms with E-state index in [1.165, 1.54) is 0 Å². The van der Waals surface area contributed by atoms with Gasteiger partial charge in [0.2, 0.25) is 5.69 Å². The highest BCUT2D eigenvalue weighted by Gasteiger charge is 2.49. The van der Waals surface area contributed by atoms with Gasteiger partial charge in [0.05, 0.1) is 63.7 Å². The molecule has 5 nitrogen and oxygen atoms in total. The van der Waals surface area contributed by atoms with E-state index in [0.717, 1.165) is 129 Å².